The van der Waals surface area contributed by atoms with Crippen LogP contribution >= 0.6 is 0 Å². The highest BCUT2D eigenvalue weighted by atomic mass is 16.5. The van der Waals surface area contributed by atoms with Gasteiger partial charge in [-0.05, 0) is 33.7 Å². The molecule has 0 amide bonds. The highest BCUT2D eigenvalue weighted by molar-refractivity contribution is 5.13. The quantitative estimate of drug-likeness (QED) is 0.836. The Kier molecular flexibility index (Phi) is 6.21. The molecule has 1 N–H and O–H groups in total. The van der Waals surface area contributed by atoms with Crippen LogP contribution < -0.4 is 5.32 Å². The Hall–Kier alpha value is -0.910. The predicted molar refractivity (Wildman–Crippen MR) is 85.4 cm³/mol. The lowest BCUT2D eigenvalue weighted by Gasteiger charge is -2.39. The highest BCUT2D eigenvalue weighted by Gasteiger charge is 2.30. The van der Waals surface area contributed by atoms with Gasteiger partial charge in [0.05, 0.1) is 24.9 Å². The van der Waals surface area contributed by atoms with E-state index in [1.807, 2.05) is 10.9 Å². The molecule has 1 aliphatic rings. The zero-order valence-corrected chi connectivity index (χ0v) is 13.9. The van der Waals surface area contributed by atoms with Crippen molar-refractivity contribution in [3.63, 3.8) is 0 Å². The van der Waals surface area contributed by atoms with Crippen LogP contribution in [-0.4, -0.2) is 53.1 Å². The van der Waals surface area contributed by atoms with Crippen LogP contribution in [0.5, 0.6) is 0 Å². The number of rotatable bonds is 7. The molecule has 2 heterocycles. The molecule has 0 aromatic carbocycles. The van der Waals surface area contributed by atoms with E-state index < -0.39 is 0 Å². The number of aromatic nitrogens is 2. The van der Waals surface area contributed by atoms with Gasteiger partial charge in [0.25, 0.3) is 0 Å². The Morgan fingerprint density at radius 1 is 1.43 bits per heavy atom. The lowest BCUT2D eigenvalue weighted by atomic mass is 10.0. The molecule has 2 rings (SSSR count). The molecule has 1 aromatic heterocycles. The monoisotopic (exact) mass is 294 g/mol. The maximum absolute atomic E-state index is 6.07. The molecule has 2 atom stereocenters. The average molecular weight is 294 g/mol. The summed E-state index contributed by atoms with van der Waals surface area (Å²) in [6, 6.07) is 0.799. The van der Waals surface area contributed by atoms with Crippen LogP contribution in [0.1, 0.15) is 45.7 Å². The zero-order valence-electron chi connectivity index (χ0n) is 13.9. The predicted octanol–water partition coefficient (Wildman–Crippen LogP) is 2.05. The molecule has 2 unspecified atom stereocenters. The summed E-state index contributed by atoms with van der Waals surface area (Å²) in [5.74, 6) is 0. The van der Waals surface area contributed by atoms with Crippen molar-refractivity contribution in [3.8, 4) is 0 Å². The van der Waals surface area contributed by atoms with Gasteiger partial charge in [0, 0.05) is 37.4 Å². The van der Waals surface area contributed by atoms with Gasteiger partial charge in [-0.2, -0.15) is 5.10 Å². The molecule has 5 nitrogen and oxygen atoms in total. The molecular weight excluding hydrogens is 264 g/mol. The summed E-state index contributed by atoms with van der Waals surface area (Å²) in [5.41, 5.74) is 1.24. The number of hydrogen-bond donors (Lipinski definition) is 1. The molecule has 0 aliphatic carbocycles. The summed E-state index contributed by atoms with van der Waals surface area (Å²) in [5, 5.41) is 8.07. The third-order valence-electron chi connectivity index (χ3n) is 4.18. The molecule has 1 aliphatic heterocycles. The second-order valence-electron chi connectivity index (χ2n) is 6.06. The first-order valence-electron chi connectivity index (χ1n) is 8.27. The van der Waals surface area contributed by atoms with E-state index in [9.17, 15) is 0 Å². The fourth-order valence-electron chi connectivity index (χ4n) is 2.84. The number of hydrogen-bond acceptors (Lipinski definition) is 4. The minimum Gasteiger partial charge on any atom is -0.374 e. The molecule has 1 fully saturated rings. The minimum absolute atomic E-state index is 0.196. The molecule has 0 radical (unpaired) electrons. The van der Waals surface area contributed by atoms with Gasteiger partial charge in [0.2, 0.25) is 0 Å². The minimum atomic E-state index is 0.196. The van der Waals surface area contributed by atoms with Crippen molar-refractivity contribution in [1.29, 1.82) is 0 Å². The molecule has 0 saturated carbocycles. The first-order valence-corrected chi connectivity index (χ1v) is 8.27. The van der Waals surface area contributed by atoms with Gasteiger partial charge in [-0.15, -0.1) is 0 Å². The van der Waals surface area contributed by atoms with Gasteiger partial charge in [-0.25, -0.2) is 0 Å². The summed E-state index contributed by atoms with van der Waals surface area (Å²) in [6.07, 6.45) is 5.45. The van der Waals surface area contributed by atoms with Gasteiger partial charge in [0.1, 0.15) is 0 Å². The number of nitrogens with one attached hydrogen (secondary N) is 1. The fraction of sp³-hybridized carbons (Fsp3) is 0.812. The zero-order chi connectivity index (χ0) is 15.2. The van der Waals surface area contributed by atoms with Crippen LogP contribution in [0.25, 0.3) is 0 Å². The van der Waals surface area contributed by atoms with Crippen molar-refractivity contribution in [1.82, 2.24) is 20.0 Å². The Morgan fingerprint density at radius 2 is 2.24 bits per heavy atom. The Labute approximate surface area is 128 Å². The van der Waals surface area contributed by atoms with Gasteiger partial charge in [-0.1, -0.05) is 6.92 Å². The van der Waals surface area contributed by atoms with E-state index >= 15 is 0 Å². The van der Waals surface area contributed by atoms with Crippen molar-refractivity contribution >= 4 is 0 Å². The molecule has 0 bridgehead atoms. The second-order valence-corrected chi connectivity index (χ2v) is 6.06. The van der Waals surface area contributed by atoms with Crippen LogP contribution in [-0.2, 0) is 11.3 Å². The first-order chi connectivity index (χ1) is 10.2. The average Bonchev–Trinajstić information content (AvgIpc) is 2.97. The van der Waals surface area contributed by atoms with E-state index in [1.165, 1.54) is 5.56 Å². The maximum Gasteiger partial charge on any atom is 0.0898 e. The standard InChI is InChI=1S/C16H30N4O/c1-5-7-17-16(14-10-18-20(6-2)11-14)15-12-19(13(3)4)8-9-21-15/h10-11,13,15-17H,5-9,12H2,1-4H3. The Balaban J connectivity index is 2.10. The number of aryl methyl sites for hydroxylation is 1. The molecule has 5 heteroatoms. The molecule has 21 heavy (non-hydrogen) atoms. The van der Waals surface area contributed by atoms with Gasteiger partial charge < -0.3 is 10.1 Å². The van der Waals surface area contributed by atoms with Crippen LogP contribution in [0, 0.1) is 0 Å². The number of morpholine rings is 1. The Morgan fingerprint density at radius 3 is 2.86 bits per heavy atom. The van der Waals surface area contributed by atoms with Crippen molar-refractivity contribution in [2.75, 3.05) is 26.2 Å². The van der Waals surface area contributed by atoms with Crippen LogP contribution in [0.4, 0.5) is 0 Å². The molecule has 120 valence electrons. The second kappa shape index (κ2) is 7.92. The van der Waals surface area contributed by atoms with Crippen molar-refractivity contribution in [2.45, 2.75) is 58.8 Å². The van der Waals surface area contributed by atoms with E-state index in [1.54, 1.807) is 0 Å². The summed E-state index contributed by atoms with van der Waals surface area (Å²) in [6.45, 7) is 13.6. The number of nitrogens with zero attached hydrogens (tertiary/aromatic N) is 3. The highest BCUT2D eigenvalue weighted by Crippen LogP contribution is 2.23. The lowest BCUT2D eigenvalue weighted by Crippen LogP contribution is -2.50. The SMILES string of the molecule is CCCNC(c1cnn(CC)c1)C1CN(C(C)C)CCO1. The van der Waals surface area contributed by atoms with E-state index in [0.717, 1.165) is 39.2 Å². The summed E-state index contributed by atoms with van der Waals surface area (Å²) in [4.78, 5) is 2.50. The summed E-state index contributed by atoms with van der Waals surface area (Å²) in [7, 11) is 0. The molecule has 1 saturated heterocycles. The van der Waals surface area contributed by atoms with Crippen molar-refractivity contribution in [3.05, 3.63) is 18.0 Å². The van der Waals surface area contributed by atoms with Gasteiger partial charge in [-0.3, -0.25) is 9.58 Å². The van der Waals surface area contributed by atoms with E-state index in [0.29, 0.717) is 6.04 Å². The Bertz CT molecular complexity index is 418. The smallest absolute Gasteiger partial charge is 0.0898 e. The van der Waals surface area contributed by atoms with E-state index in [-0.39, 0.29) is 12.1 Å². The van der Waals surface area contributed by atoms with Crippen LogP contribution in [0.15, 0.2) is 12.4 Å². The van der Waals surface area contributed by atoms with Crippen molar-refractivity contribution in [2.24, 2.45) is 0 Å². The molecular formula is C16H30N4O. The van der Waals surface area contributed by atoms with E-state index in [4.69, 9.17) is 4.74 Å². The third kappa shape index (κ3) is 4.28. The maximum atomic E-state index is 6.07. The van der Waals surface area contributed by atoms with Crippen LogP contribution in [0.2, 0.25) is 0 Å². The number of ether oxygens (including phenoxy) is 1. The summed E-state index contributed by atoms with van der Waals surface area (Å²) < 4.78 is 8.06. The lowest BCUT2D eigenvalue weighted by molar-refractivity contribution is -0.0560. The first kappa shape index (κ1) is 16.5. The fourth-order valence-corrected chi connectivity index (χ4v) is 2.84. The normalized spacial score (nSPS) is 21.9. The molecule has 1 aromatic rings. The van der Waals surface area contributed by atoms with E-state index in [2.05, 4.69) is 49.2 Å². The topological polar surface area (TPSA) is 42.3 Å². The largest absolute Gasteiger partial charge is 0.374 e. The third-order valence-corrected chi connectivity index (χ3v) is 4.18. The summed E-state index contributed by atoms with van der Waals surface area (Å²) >= 11 is 0. The van der Waals surface area contributed by atoms with Crippen molar-refractivity contribution < 1.29 is 4.74 Å². The van der Waals surface area contributed by atoms with Crippen LogP contribution in [0.3, 0.4) is 0 Å². The van der Waals surface area contributed by atoms with Gasteiger partial charge in [0.15, 0.2) is 0 Å². The molecule has 0 spiro atoms. The van der Waals surface area contributed by atoms with Gasteiger partial charge >= 0.3 is 0 Å².